The van der Waals surface area contributed by atoms with Crippen LogP contribution < -0.4 is 10.1 Å². The van der Waals surface area contributed by atoms with Gasteiger partial charge in [-0.3, -0.25) is 4.79 Å². The van der Waals surface area contributed by atoms with Crippen molar-refractivity contribution in [3.8, 4) is 5.75 Å². The van der Waals surface area contributed by atoms with E-state index in [1.54, 1.807) is 25.2 Å². The lowest BCUT2D eigenvalue weighted by Crippen LogP contribution is -2.17. The molecule has 2 aromatic carbocycles. The molecule has 0 bridgehead atoms. The first-order valence-electron chi connectivity index (χ1n) is 6.36. The Morgan fingerprint density at radius 3 is 2.50 bits per heavy atom. The van der Waals surface area contributed by atoms with Crippen molar-refractivity contribution in [2.75, 3.05) is 7.05 Å². The molecule has 0 spiro atoms. The topological polar surface area (TPSA) is 58.6 Å². The molecule has 0 radical (unpaired) electrons. The molecule has 0 aliphatic rings. The zero-order chi connectivity index (χ0) is 14.4. The Bertz CT molecular complexity index is 579. The van der Waals surface area contributed by atoms with E-state index < -0.39 is 0 Å². The Balaban J connectivity index is 2.01. The standard InChI is InChI=1S/C16H17NO3/c1-17-16(19)14-3-2-4-15(9-14)20-11-13-7-5-12(10-18)6-8-13/h2-9,18H,10-11H2,1H3,(H,17,19). The van der Waals surface area contributed by atoms with Crippen molar-refractivity contribution < 1.29 is 14.6 Å². The first-order valence-corrected chi connectivity index (χ1v) is 6.36. The van der Waals surface area contributed by atoms with Crippen molar-refractivity contribution in [2.45, 2.75) is 13.2 Å². The average Bonchev–Trinajstić information content (AvgIpc) is 2.53. The average molecular weight is 271 g/mol. The SMILES string of the molecule is CNC(=O)c1cccc(OCc2ccc(CO)cc2)c1. The second kappa shape index (κ2) is 6.73. The summed E-state index contributed by atoms with van der Waals surface area (Å²) >= 11 is 0. The van der Waals surface area contributed by atoms with Crippen LogP contribution in [0.1, 0.15) is 21.5 Å². The molecule has 2 rings (SSSR count). The van der Waals surface area contributed by atoms with Gasteiger partial charge in [-0.25, -0.2) is 0 Å². The lowest BCUT2D eigenvalue weighted by Gasteiger charge is -2.08. The molecule has 4 nitrogen and oxygen atoms in total. The molecule has 0 heterocycles. The van der Waals surface area contributed by atoms with Crippen LogP contribution >= 0.6 is 0 Å². The van der Waals surface area contributed by atoms with Crippen molar-refractivity contribution in [1.29, 1.82) is 0 Å². The van der Waals surface area contributed by atoms with Gasteiger partial charge in [0, 0.05) is 12.6 Å². The summed E-state index contributed by atoms with van der Waals surface area (Å²) in [5.41, 5.74) is 2.45. The van der Waals surface area contributed by atoms with Crippen molar-refractivity contribution >= 4 is 5.91 Å². The number of rotatable bonds is 5. The zero-order valence-corrected chi connectivity index (χ0v) is 11.3. The normalized spacial score (nSPS) is 10.1. The summed E-state index contributed by atoms with van der Waals surface area (Å²) in [6, 6.07) is 14.6. The molecule has 0 saturated carbocycles. The van der Waals surface area contributed by atoms with Gasteiger partial charge in [0.25, 0.3) is 5.91 Å². The van der Waals surface area contributed by atoms with Gasteiger partial charge < -0.3 is 15.2 Å². The molecule has 20 heavy (non-hydrogen) atoms. The highest BCUT2D eigenvalue weighted by Gasteiger charge is 2.04. The van der Waals surface area contributed by atoms with E-state index in [4.69, 9.17) is 9.84 Å². The number of benzene rings is 2. The van der Waals surface area contributed by atoms with E-state index in [0.29, 0.717) is 17.9 Å². The minimum atomic E-state index is -0.136. The highest BCUT2D eigenvalue weighted by atomic mass is 16.5. The molecule has 0 aliphatic carbocycles. The molecule has 0 atom stereocenters. The summed E-state index contributed by atoms with van der Waals surface area (Å²) in [5, 5.41) is 11.5. The summed E-state index contributed by atoms with van der Waals surface area (Å²) in [4.78, 5) is 11.5. The van der Waals surface area contributed by atoms with E-state index in [9.17, 15) is 4.79 Å². The number of amides is 1. The van der Waals surface area contributed by atoms with Crippen molar-refractivity contribution in [1.82, 2.24) is 5.32 Å². The van der Waals surface area contributed by atoms with E-state index in [1.165, 1.54) is 0 Å². The van der Waals surface area contributed by atoms with Crippen LogP contribution in [0.15, 0.2) is 48.5 Å². The maximum Gasteiger partial charge on any atom is 0.251 e. The van der Waals surface area contributed by atoms with Gasteiger partial charge in [0.05, 0.1) is 6.61 Å². The zero-order valence-electron chi connectivity index (χ0n) is 11.3. The Morgan fingerprint density at radius 1 is 1.15 bits per heavy atom. The van der Waals surface area contributed by atoms with Crippen LogP contribution in [0.5, 0.6) is 5.75 Å². The number of hydrogen-bond acceptors (Lipinski definition) is 3. The predicted octanol–water partition coefficient (Wildman–Crippen LogP) is 2.12. The van der Waals surface area contributed by atoms with E-state index >= 15 is 0 Å². The van der Waals surface area contributed by atoms with E-state index in [0.717, 1.165) is 11.1 Å². The quantitative estimate of drug-likeness (QED) is 0.875. The summed E-state index contributed by atoms with van der Waals surface area (Å²) in [6.45, 7) is 0.457. The lowest BCUT2D eigenvalue weighted by molar-refractivity contribution is 0.0962. The predicted molar refractivity (Wildman–Crippen MR) is 76.5 cm³/mol. The van der Waals surface area contributed by atoms with Gasteiger partial charge in [-0.15, -0.1) is 0 Å². The lowest BCUT2D eigenvalue weighted by atomic mass is 10.1. The first-order chi connectivity index (χ1) is 9.72. The van der Waals surface area contributed by atoms with Gasteiger partial charge in [0.1, 0.15) is 12.4 Å². The number of hydrogen-bond donors (Lipinski definition) is 2. The van der Waals surface area contributed by atoms with Crippen LogP contribution in [0.4, 0.5) is 0 Å². The third-order valence-electron chi connectivity index (χ3n) is 2.93. The summed E-state index contributed by atoms with van der Waals surface area (Å²) in [7, 11) is 1.60. The smallest absolute Gasteiger partial charge is 0.251 e. The first kappa shape index (κ1) is 14.1. The van der Waals surface area contributed by atoms with Crippen LogP contribution in [-0.4, -0.2) is 18.1 Å². The molecular weight excluding hydrogens is 254 g/mol. The minimum Gasteiger partial charge on any atom is -0.489 e. The fraction of sp³-hybridized carbons (Fsp3) is 0.188. The van der Waals surface area contributed by atoms with Crippen molar-refractivity contribution in [3.63, 3.8) is 0 Å². The Labute approximate surface area is 118 Å². The van der Waals surface area contributed by atoms with Crippen LogP contribution in [0.2, 0.25) is 0 Å². The van der Waals surface area contributed by atoms with E-state index in [-0.39, 0.29) is 12.5 Å². The number of aliphatic hydroxyl groups excluding tert-OH is 1. The second-order valence-corrected chi connectivity index (χ2v) is 4.37. The monoisotopic (exact) mass is 271 g/mol. The number of carbonyl (C=O) groups excluding carboxylic acids is 1. The Kier molecular flexibility index (Phi) is 4.74. The fourth-order valence-electron chi connectivity index (χ4n) is 1.78. The molecule has 0 saturated heterocycles. The molecular formula is C16H17NO3. The van der Waals surface area contributed by atoms with E-state index in [2.05, 4.69) is 5.32 Å². The highest BCUT2D eigenvalue weighted by Crippen LogP contribution is 2.15. The van der Waals surface area contributed by atoms with Crippen LogP contribution in [0, 0.1) is 0 Å². The van der Waals surface area contributed by atoms with Crippen LogP contribution in [0.25, 0.3) is 0 Å². The fourth-order valence-corrected chi connectivity index (χ4v) is 1.78. The molecule has 1 amide bonds. The largest absolute Gasteiger partial charge is 0.489 e. The molecule has 104 valence electrons. The summed E-state index contributed by atoms with van der Waals surface area (Å²) < 4.78 is 5.66. The van der Waals surface area contributed by atoms with Gasteiger partial charge in [0.2, 0.25) is 0 Å². The highest BCUT2D eigenvalue weighted by molar-refractivity contribution is 5.94. The number of nitrogens with one attached hydrogen (secondary N) is 1. The van der Waals surface area contributed by atoms with Crippen LogP contribution in [0.3, 0.4) is 0 Å². The maximum absolute atomic E-state index is 11.5. The van der Waals surface area contributed by atoms with Crippen molar-refractivity contribution in [2.24, 2.45) is 0 Å². The second-order valence-electron chi connectivity index (χ2n) is 4.37. The third-order valence-corrected chi connectivity index (χ3v) is 2.93. The summed E-state index contributed by atoms with van der Waals surface area (Å²) in [6.07, 6.45) is 0. The van der Waals surface area contributed by atoms with Crippen LogP contribution in [-0.2, 0) is 13.2 Å². The Morgan fingerprint density at radius 2 is 1.85 bits per heavy atom. The van der Waals surface area contributed by atoms with Gasteiger partial charge in [-0.05, 0) is 29.3 Å². The number of carbonyl (C=O) groups is 1. The molecule has 0 aliphatic heterocycles. The van der Waals surface area contributed by atoms with E-state index in [1.807, 2.05) is 30.3 Å². The molecule has 0 unspecified atom stereocenters. The molecule has 0 fully saturated rings. The third kappa shape index (κ3) is 3.59. The summed E-state index contributed by atoms with van der Waals surface area (Å²) in [5.74, 6) is 0.514. The Hall–Kier alpha value is -2.33. The van der Waals surface area contributed by atoms with Gasteiger partial charge in [0.15, 0.2) is 0 Å². The molecule has 2 aromatic rings. The molecule has 2 N–H and O–H groups in total. The minimum absolute atomic E-state index is 0.0370. The van der Waals surface area contributed by atoms with Crippen molar-refractivity contribution in [3.05, 3.63) is 65.2 Å². The number of ether oxygens (including phenoxy) is 1. The molecule has 4 heteroatoms. The van der Waals surface area contributed by atoms with Gasteiger partial charge in [-0.2, -0.15) is 0 Å². The maximum atomic E-state index is 11.5. The van der Waals surface area contributed by atoms with Gasteiger partial charge in [-0.1, -0.05) is 30.3 Å². The molecule has 0 aromatic heterocycles. The number of aliphatic hydroxyl groups is 1. The van der Waals surface area contributed by atoms with Gasteiger partial charge >= 0.3 is 0 Å².